The average molecular weight is 292 g/mol. The van der Waals surface area contributed by atoms with Crippen LogP contribution < -0.4 is 4.72 Å². The first-order chi connectivity index (χ1) is 8.84. The minimum absolute atomic E-state index is 0.0128. The summed E-state index contributed by atoms with van der Waals surface area (Å²) in [4.78, 5) is 11.3. The highest BCUT2D eigenvalue weighted by molar-refractivity contribution is 7.87. The first-order valence-electron chi connectivity index (χ1n) is 6.78. The van der Waals surface area contributed by atoms with Gasteiger partial charge < -0.3 is 5.11 Å². The number of nitrogens with one attached hydrogen (secondary N) is 1. The molecule has 1 fully saturated rings. The van der Waals surface area contributed by atoms with Gasteiger partial charge in [-0.15, -0.1) is 0 Å². The molecule has 1 aliphatic carbocycles. The highest BCUT2D eigenvalue weighted by Gasteiger charge is 2.42. The van der Waals surface area contributed by atoms with Gasteiger partial charge in [-0.25, -0.2) is 4.72 Å². The Bertz CT molecular complexity index is 402. The van der Waals surface area contributed by atoms with Crippen LogP contribution in [0, 0.1) is 5.41 Å². The minimum Gasteiger partial charge on any atom is -0.481 e. The second-order valence-electron chi connectivity index (χ2n) is 5.29. The van der Waals surface area contributed by atoms with Crippen molar-refractivity contribution >= 4 is 16.2 Å². The summed E-state index contributed by atoms with van der Waals surface area (Å²) >= 11 is 0. The lowest BCUT2D eigenvalue weighted by Gasteiger charge is -2.25. The van der Waals surface area contributed by atoms with Gasteiger partial charge in [0.25, 0.3) is 10.2 Å². The van der Waals surface area contributed by atoms with Crippen molar-refractivity contribution in [1.29, 1.82) is 0 Å². The lowest BCUT2D eigenvalue weighted by atomic mass is 9.87. The van der Waals surface area contributed by atoms with Crippen LogP contribution in [0.2, 0.25) is 0 Å². The fourth-order valence-corrected chi connectivity index (χ4v) is 3.41. The van der Waals surface area contributed by atoms with Crippen LogP contribution in [0.4, 0.5) is 0 Å². The van der Waals surface area contributed by atoms with E-state index in [2.05, 4.69) is 4.72 Å². The van der Waals surface area contributed by atoms with Crippen molar-refractivity contribution in [2.75, 3.05) is 20.1 Å². The average Bonchev–Trinajstić information content (AvgIpc) is 2.83. The number of nitrogens with zero attached hydrogens (tertiary/aromatic N) is 1. The molecule has 1 rings (SSSR count). The van der Waals surface area contributed by atoms with Crippen molar-refractivity contribution < 1.29 is 18.3 Å². The molecule has 0 bridgehead atoms. The molecule has 7 heteroatoms. The van der Waals surface area contributed by atoms with Gasteiger partial charge >= 0.3 is 5.97 Å². The Kier molecular flexibility index (Phi) is 5.76. The Balaban J connectivity index is 2.61. The van der Waals surface area contributed by atoms with Crippen LogP contribution in [0.3, 0.4) is 0 Å². The van der Waals surface area contributed by atoms with E-state index in [1.165, 1.54) is 11.4 Å². The van der Waals surface area contributed by atoms with E-state index in [9.17, 15) is 18.3 Å². The molecule has 0 heterocycles. The van der Waals surface area contributed by atoms with Crippen molar-refractivity contribution in [3.05, 3.63) is 0 Å². The van der Waals surface area contributed by atoms with Gasteiger partial charge in [0.15, 0.2) is 0 Å². The van der Waals surface area contributed by atoms with Crippen molar-refractivity contribution in [1.82, 2.24) is 9.03 Å². The first-order valence-corrected chi connectivity index (χ1v) is 8.22. The number of hydrogen-bond donors (Lipinski definition) is 2. The van der Waals surface area contributed by atoms with Crippen LogP contribution in [0.1, 0.15) is 45.4 Å². The fourth-order valence-electron chi connectivity index (χ4n) is 2.36. The van der Waals surface area contributed by atoms with E-state index >= 15 is 0 Å². The van der Waals surface area contributed by atoms with Crippen LogP contribution >= 0.6 is 0 Å². The third kappa shape index (κ3) is 4.15. The number of rotatable bonds is 8. The number of unbranched alkanes of at least 4 members (excludes halogenated alkanes) is 1. The van der Waals surface area contributed by atoms with Gasteiger partial charge in [-0.3, -0.25) is 4.79 Å². The van der Waals surface area contributed by atoms with E-state index in [4.69, 9.17) is 0 Å². The van der Waals surface area contributed by atoms with E-state index in [1.54, 1.807) is 0 Å². The Labute approximate surface area is 115 Å². The molecule has 0 aromatic heterocycles. The van der Waals surface area contributed by atoms with Crippen molar-refractivity contribution in [2.24, 2.45) is 5.41 Å². The molecule has 0 radical (unpaired) electrons. The van der Waals surface area contributed by atoms with Crippen LogP contribution in [-0.4, -0.2) is 43.9 Å². The van der Waals surface area contributed by atoms with Crippen LogP contribution in [0.25, 0.3) is 0 Å². The van der Waals surface area contributed by atoms with E-state index in [0.29, 0.717) is 19.4 Å². The quantitative estimate of drug-likeness (QED) is 0.703. The Hall–Kier alpha value is -0.660. The first kappa shape index (κ1) is 16.4. The summed E-state index contributed by atoms with van der Waals surface area (Å²) in [5.41, 5.74) is -0.918. The number of aliphatic carboxylic acids is 1. The predicted molar refractivity (Wildman–Crippen MR) is 73.0 cm³/mol. The van der Waals surface area contributed by atoms with E-state index in [0.717, 1.165) is 25.7 Å². The molecule has 112 valence electrons. The maximum Gasteiger partial charge on any atom is 0.310 e. The molecule has 6 nitrogen and oxygen atoms in total. The topological polar surface area (TPSA) is 86.7 Å². The van der Waals surface area contributed by atoms with Gasteiger partial charge in [0.05, 0.1) is 5.41 Å². The van der Waals surface area contributed by atoms with Crippen molar-refractivity contribution in [2.45, 2.75) is 45.4 Å². The fraction of sp³-hybridized carbons (Fsp3) is 0.917. The molecule has 0 atom stereocenters. The van der Waals surface area contributed by atoms with Gasteiger partial charge in [-0.2, -0.15) is 12.7 Å². The molecule has 0 saturated heterocycles. The lowest BCUT2D eigenvalue weighted by molar-refractivity contribution is -0.148. The summed E-state index contributed by atoms with van der Waals surface area (Å²) in [5, 5.41) is 9.29. The maximum atomic E-state index is 12.0. The molecule has 0 spiro atoms. The molecule has 1 saturated carbocycles. The molecule has 2 N–H and O–H groups in total. The van der Waals surface area contributed by atoms with Crippen LogP contribution in [-0.2, 0) is 15.0 Å². The molecule has 1 aliphatic rings. The van der Waals surface area contributed by atoms with Gasteiger partial charge in [-0.1, -0.05) is 26.2 Å². The molecule has 19 heavy (non-hydrogen) atoms. The summed E-state index contributed by atoms with van der Waals surface area (Å²) in [6.45, 7) is 2.43. The monoisotopic (exact) mass is 292 g/mol. The molecule has 0 aromatic carbocycles. The largest absolute Gasteiger partial charge is 0.481 e. The summed E-state index contributed by atoms with van der Waals surface area (Å²) in [6.07, 6.45) is 4.49. The SMILES string of the molecule is CCCCN(C)S(=O)(=O)NCC1(C(=O)O)CCCC1. The third-order valence-corrected chi connectivity index (χ3v) is 5.36. The predicted octanol–water partition coefficient (Wildman–Crippen LogP) is 1.20. The Morgan fingerprint density at radius 1 is 1.37 bits per heavy atom. The van der Waals surface area contributed by atoms with E-state index < -0.39 is 21.6 Å². The van der Waals surface area contributed by atoms with E-state index in [1.807, 2.05) is 6.92 Å². The van der Waals surface area contributed by atoms with Crippen molar-refractivity contribution in [3.63, 3.8) is 0 Å². The molecule has 0 amide bonds. The van der Waals surface area contributed by atoms with Gasteiger partial charge in [-0.05, 0) is 19.3 Å². The van der Waals surface area contributed by atoms with Crippen LogP contribution in [0.5, 0.6) is 0 Å². The van der Waals surface area contributed by atoms with Crippen molar-refractivity contribution in [3.8, 4) is 0 Å². The maximum absolute atomic E-state index is 12.0. The number of hydrogen-bond acceptors (Lipinski definition) is 3. The zero-order valence-corrected chi connectivity index (χ0v) is 12.5. The molecule has 0 unspecified atom stereocenters. The standard InChI is InChI=1S/C12H24N2O4S/c1-3-4-9-14(2)19(17,18)13-10-12(11(15)16)7-5-6-8-12/h13H,3-10H2,1-2H3,(H,15,16). The zero-order valence-electron chi connectivity index (χ0n) is 11.7. The molecule has 0 aliphatic heterocycles. The lowest BCUT2D eigenvalue weighted by Crippen LogP contribution is -2.46. The minimum atomic E-state index is -3.57. The van der Waals surface area contributed by atoms with Gasteiger partial charge in [0.1, 0.15) is 0 Å². The number of carboxylic acids is 1. The number of carboxylic acid groups (broad SMARTS) is 1. The molecule has 0 aromatic rings. The summed E-state index contributed by atoms with van der Waals surface area (Å²) in [5.74, 6) is -0.899. The molecular formula is C12H24N2O4S. The van der Waals surface area contributed by atoms with Gasteiger partial charge in [0.2, 0.25) is 0 Å². The number of carbonyl (C=O) groups is 1. The highest BCUT2D eigenvalue weighted by Crippen LogP contribution is 2.37. The Morgan fingerprint density at radius 2 is 1.95 bits per heavy atom. The normalized spacial score (nSPS) is 18.9. The van der Waals surface area contributed by atoms with E-state index in [-0.39, 0.29) is 6.54 Å². The summed E-state index contributed by atoms with van der Waals surface area (Å²) in [6, 6.07) is 0. The van der Waals surface area contributed by atoms with Crippen LogP contribution in [0.15, 0.2) is 0 Å². The summed E-state index contributed by atoms with van der Waals surface area (Å²) in [7, 11) is -2.06. The second kappa shape index (κ2) is 6.67. The van der Waals surface area contributed by atoms with Gasteiger partial charge in [0, 0.05) is 20.1 Å². The zero-order chi connectivity index (χ0) is 14.5. The Morgan fingerprint density at radius 3 is 2.42 bits per heavy atom. The highest BCUT2D eigenvalue weighted by atomic mass is 32.2. The third-order valence-electron chi connectivity index (χ3n) is 3.84. The summed E-state index contributed by atoms with van der Waals surface area (Å²) < 4.78 is 27.7. The second-order valence-corrected chi connectivity index (χ2v) is 7.16. The molecular weight excluding hydrogens is 268 g/mol. The smallest absolute Gasteiger partial charge is 0.310 e.